The van der Waals surface area contributed by atoms with Crippen molar-refractivity contribution in [2.24, 2.45) is 10.9 Å². The third-order valence-electron chi connectivity index (χ3n) is 2.27. The lowest BCUT2D eigenvalue weighted by Gasteiger charge is -2.12. The van der Waals surface area contributed by atoms with Gasteiger partial charge in [-0.3, -0.25) is 0 Å². The first kappa shape index (κ1) is 16.3. The summed E-state index contributed by atoms with van der Waals surface area (Å²) in [6.45, 7) is 3.68. The number of oxime groups is 1. The lowest BCUT2D eigenvalue weighted by molar-refractivity contribution is -0.0346. The molecule has 1 unspecified atom stereocenters. The van der Waals surface area contributed by atoms with Crippen LogP contribution in [0, 0.1) is 11.6 Å². The van der Waals surface area contributed by atoms with Crippen LogP contribution < -0.4 is 5.73 Å². The molecule has 0 heterocycles. The van der Waals surface area contributed by atoms with E-state index >= 15 is 0 Å². The van der Waals surface area contributed by atoms with E-state index in [1.165, 1.54) is 6.07 Å². The highest BCUT2D eigenvalue weighted by Crippen LogP contribution is 2.08. The number of benzene rings is 1. The summed E-state index contributed by atoms with van der Waals surface area (Å²) in [4.78, 5) is 4.83. The molecular weight excluding hydrogens is 270 g/mol. The number of aliphatic hydroxyl groups is 1. The largest absolute Gasteiger partial charge is 0.391 e. The lowest BCUT2D eigenvalue weighted by atomic mass is 10.2. The average Bonchev–Trinajstić information content (AvgIpc) is 2.39. The zero-order valence-corrected chi connectivity index (χ0v) is 11.3. The Hall–Kier alpha value is -1.73. The molecule has 1 atom stereocenters. The maximum Gasteiger partial charge on any atom is 0.170 e. The number of hydrogen-bond donors (Lipinski definition) is 2. The average molecular weight is 288 g/mol. The highest BCUT2D eigenvalue weighted by atomic mass is 19.2. The molecule has 7 heteroatoms. The quantitative estimate of drug-likeness (QED) is 0.451. The number of amidine groups is 1. The van der Waals surface area contributed by atoms with Crippen molar-refractivity contribution in [3.63, 3.8) is 0 Å². The van der Waals surface area contributed by atoms with E-state index in [-0.39, 0.29) is 30.7 Å². The summed E-state index contributed by atoms with van der Waals surface area (Å²) in [7, 11) is 0. The van der Waals surface area contributed by atoms with Crippen molar-refractivity contribution >= 4 is 5.84 Å². The summed E-state index contributed by atoms with van der Waals surface area (Å²) < 4.78 is 30.9. The van der Waals surface area contributed by atoms with Gasteiger partial charge in [0.2, 0.25) is 0 Å². The maximum absolute atomic E-state index is 13.0. The molecule has 0 fully saturated rings. The highest BCUT2D eigenvalue weighted by molar-refractivity contribution is 5.97. The fourth-order valence-corrected chi connectivity index (χ4v) is 1.25. The Morgan fingerprint density at radius 3 is 2.60 bits per heavy atom. The van der Waals surface area contributed by atoms with E-state index in [1.807, 2.05) is 13.8 Å². The number of ether oxygens (including phenoxy) is 1. The van der Waals surface area contributed by atoms with Gasteiger partial charge in [0.05, 0.1) is 12.7 Å². The number of nitrogens with zero attached hydrogens (tertiary/aromatic N) is 1. The highest BCUT2D eigenvalue weighted by Gasteiger charge is 2.08. The summed E-state index contributed by atoms with van der Waals surface area (Å²) >= 11 is 0. The van der Waals surface area contributed by atoms with Gasteiger partial charge in [-0.15, -0.1) is 0 Å². The van der Waals surface area contributed by atoms with Gasteiger partial charge in [-0.25, -0.2) is 8.78 Å². The zero-order chi connectivity index (χ0) is 15.1. The molecule has 112 valence electrons. The van der Waals surface area contributed by atoms with Crippen LogP contribution in [0.25, 0.3) is 0 Å². The van der Waals surface area contributed by atoms with Crippen LogP contribution >= 0.6 is 0 Å². The minimum atomic E-state index is -1.02. The molecule has 0 saturated heterocycles. The second kappa shape index (κ2) is 7.76. The van der Waals surface area contributed by atoms with Gasteiger partial charge >= 0.3 is 0 Å². The monoisotopic (exact) mass is 288 g/mol. The Kier molecular flexibility index (Phi) is 6.33. The molecule has 1 aromatic rings. The van der Waals surface area contributed by atoms with Crippen LogP contribution in [0.4, 0.5) is 8.78 Å². The summed E-state index contributed by atoms with van der Waals surface area (Å²) in [6, 6.07) is 3.13. The van der Waals surface area contributed by atoms with Gasteiger partial charge in [0.1, 0.15) is 12.7 Å². The van der Waals surface area contributed by atoms with Gasteiger partial charge in [0, 0.05) is 5.56 Å². The molecule has 0 saturated carbocycles. The minimum absolute atomic E-state index is 0.000381. The molecule has 0 aliphatic carbocycles. The van der Waals surface area contributed by atoms with Crippen molar-refractivity contribution in [1.82, 2.24) is 0 Å². The van der Waals surface area contributed by atoms with E-state index in [9.17, 15) is 13.9 Å². The van der Waals surface area contributed by atoms with Crippen molar-refractivity contribution < 1.29 is 23.5 Å². The molecule has 0 aliphatic rings. The summed E-state index contributed by atoms with van der Waals surface area (Å²) in [5.74, 6) is -2.10. The Labute approximate surface area is 116 Å². The van der Waals surface area contributed by atoms with Crippen LogP contribution in [0.2, 0.25) is 0 Å². The molecule has 0 aromatic heterocycles. The summed E-state index contributed by atoms with van der Waals surface area (Å²) in [6.07, 6.45) is -0.848. The predicted octanol–water partition coefficient (Wildman–Crippen LogP) is 1.39. The molecule has 0 aliphatic heterocycles. The Balaban J connectivity index is 2.47. The number of rotatable bonds is 7. The van der Waals surface area contributed by atoms with E-state index in [4.69, 9.17) is 15.3 Å². The van der Waals surface area contributed by atoms with E-state index < -0.39 is 17.7 Å². The smallest absolute Gasteiger partial charge is 0.170 e. The number of hydrogen-bond acceptors (Lipinski definition) is 4. The first-order valence-electron chi connectivity index (χ1n) is 6.10. The number of nitrogens with two attached hydrogens (primary N) is 1. The van der Waals surface area contributed by atoms with Crippen LogP contribution in [0.15, 0.2) is 23.4 Å². The van der Waals surface area contributed by atoms with Crippen molar-refractivity contribution in [2.45, 2.75) is 26.1 Å². The van der Waals surface area contributed by atoms with E-state index in [0.29, 0.717) is 0 Å². The third kappa shape index (κ3) is 5.50. The third-order valence-corrected chi connectivity index (χ3v) is 2.27. The second-order valence-electron chi connectivity index (χ2n) is 4.44. The maximum atomic E-state index is 13.0. The molecule has 1 rings (SSSR count). The molecule has 0 amide bonds. The van der Waals surface area contributed by atoms with Gasteiger partial charge in [-0.2, -0.15) is 0 Å². The molecule has 0 radical (unpaired) electrons. The molecular formula is C13H18F2N2O3. The van der Waals surface area contributed by atoms with Crippen LogP contribution in [0.5, 0.6) is 0 Å². The van der Waals surface area contributed by atoms with Crippen molar-refractivity contribution in [2.75, 3.05) is 13.2 Å². The molecule has 3 N–H and O–H groups in total. The summed E-state index contributed by atoms with van der Waals surface area (Å²) in [5, 5.41) is 13.0. The Bertz CT molecular complexity index is 467. The lowest BCUT2D eigenvalue weighted by Crippen LogP contribution is -2.23. The van der Waals surface area contributed by atoms with Crippen molar-refractivity contribution in [3.8, 4) is 0 Å². The van der Waals surface area contributed by atoms with Crippen LogP contribution in [-0.2, 0) is 9.57 Å². The molecule has 0 bridgehead atoms. The minimum Gasteiger partial charge on any atom is -0.391 e. The fraction of sp³-hybridized carbons (Fsp3) is 0.462. The van der Waals surface area contributed by atoms with Crippen molar-refractivity contribution in [3.05, 3.63) is 35.4 Å². The van der Waals surface area contributed by atoms with E-state index in [2.05, 4.69) is 5.16 Å². The normalized spacial score (nSPS) is 13.6. The van der Waals surface area contributed by atoms with Gasteiger partial charge in [0.25, 0.3) is 0 Å². The molecule has 0 spiro atoms. The number of aliphatic hydroxyl groups excluding tert-OH is 1. The van der Waals surface area contributed by atoms with E-state index in [0.717, 1.165) is 12.1 Å². The summed E-state index contributed by atoms with van der Waals surface area (Å²) in [5.41, 5.74) is 5.74. The second-order valence-corrected chi connectivity index (χ2v) is 4.44. The Morgan fingerprint density at radius 1 is 1.30 bits per heavy atom. The van der Waals surface area contributed by atoms with Crippen molar-refractivity contribution in [1.29, 1.82) is 0 Å². The van der Waals surface area contributed by atoms with Gasteiger partial charge < -0.3 is 20.4 Å². The predicted molar refractivity (Wildman–Crippen MR) is 70.1 cm³/mol. The van der Waals surface area contributed by atoms with Crippen LogP contribution in [0.3, 0.4) is 0 Å². The molecule has 5 nitrogen and oxygen atoms in total. The van der Waals surface area contributed by atoms with Gasteiger partial charge in [-0.1, -0.05) is 5.16 Å². The SMILES string of the molecule is CC(C)OCC(O)CO/N=C(/N)c1ccc(F)c(F)c1. The molecule has 20 heavy (non-hydrogen) atoms. The van der Waals surface area contributed by atoms with Gasteiger partial charge in [0.15, 0.2) is 17.5 Å². The number of halogens is 2. The Morgan fingerprint density at radius 2 is 2.00 bits per heavy atom. The zero-order valence-electron chi connectivity index (χ0n) is 11.3. The van der Waals surface area contributed by atoms with Crippen LogP contribution in [-0.4, -0.2) is 36.4 Å². The fourth-order valence-electron chi connectivity index (χ4n) is 1.25. The van der Waals surface area contributed by atoms with Gasteiger partial charge in [-0.05, 0) is 32.0 Å². The first-order chi connectivity index (χ1) is 9.40. The standard InChI is InChI=1S/C13H18F2N2O3/c1-8(2)19-6-10(18)7-20-17-13(16)9-3-4-11(14)12(15)5-9/h3-5,8,10,18H,6-7H2,1-2H3,(H2,16,17). The van der Waals surface area contributed by atoms with Crippen LogP contribution in [0.1, 0.15) is 19.4 Å². The van der Waals surface area contributed by atoms with E-state index in [1.54, 1.807) is 0 Å². The topological polar surface area (TPSA) is 77.1 Å². The molecule has 1 aromatic carbocycles. The first-order valence-corrected chi connectivity index (χ1v) is 6.10.